The molecule has 8 nitrogen and oxygen atoms in total. The van der Waals surface area contributed by atoms with Gasteiger partial charge in [-0.2, -0.15) is 0 Å². The number of hydrogen-bond donors (Lipinski definition) is 0. The van der Waals surface area contributed by atoms with Gasteiger partial charge in [-0.1, -0.05) is 58.8 Å². The van der Waals surface area contributed by atoms with Crippen molar-refractivity contribution < 1.29 is 23.7 Å². The van der Waals surface area contributed by atoms with Crippen molar-refractivity contribution in [1.29, 1.82) is 0 Å². The number of halogens is 2. The summed E-state index contributed by atoms with van der Waals surface area (Å²) < 4.78 is 24.2. The first-order valence-electron chi connectivity index (χ1n) is 13.3. The Balaban J connectivity index is 1.53. The zero-order chi connectivity index (χ0) is 30.7. The second-order valence-corrected chi connectivity index (χ2v) is 11.4. The van der Waals surface area contributed by atoms with Crippen LogP contribution in [0.5, 0.6) is 17.2 Å². The number of hydrogen-bond acceptors (Lipinski definition) is 8. The summed E-state index contributed by atoms with van der Waals surface area (Å²) in [5, 5.41) is 1.05. The maximum Gasteiger partial charge on any atom is 0.338 e. The monoisotopic (exact) mass is 638 g/mol. The molecule has 0 bridgehead atoms. The van der Waals surface area contributed by atoms with E-state index in [1.807, 2.05) is 18.2 Å². The van der Waals surface area contributed by atoms with Crippen LogP contribution in [-0.4, -0.2) is 31.4 Å². The summed E-state index contributed by atoms with van der Waals surface area (Å²) in [6.07, 6.45) is 1.76. The van der Waals surface area contributed by atoms with Crippen LogP contribution in [0.25, 0.3) is 6.08 Å². The van der Waals surface area contributed by atoms with E-state index < -0.39 is 12.0 Å². The molecule has 222 valence electrons. The van der Waals surface area contributed by atoms with Crippen molar-refractivity contribution in [2.75, 3.05) is 20.8 Å². The van der Waals surface area contributed by atoms with E-state index in [0.717, 1.165) is 16.7 Å². The number of esters is 1. The summed E-state index contributed by atoms with van der Waals surface area (Å²) in [6.45, 7) is 3.91. The van der Waals surface area contributed by atoms with Crippen molar-refractivity contribution in [3.05, 3.63) is 118 Å². The molecule has 0 fully saturated rings. The lowest BCUT2D eigenvalue weighted by Crippen LogP contribution is -2.39. The highest BCUT2D eigenvalue weighted by Gasteiger charge is 2.33. The highest BCUT2D eigenvalue weighted by Crippen LogP contribution is 2.32. The Morgan fingerprint density at radius 3 is 2.47 bits per heavy atom. The SMILES string of the molecule is CCOC(=O)C1=C(C)N=c2s/c(=C\c3ccc(OCc4ccc(Cl)cc4Cl)c(OC)c3)c(=O)n2[C@@H]1c1ccc(OC)cc1. The van der Waals surface area contributed by atoms with E-state index >= 15 is 0 Å². The number of benzene rings is 3. The third kappa shape index (κ3) is 6.34. The van der Waals surface area contributed by atoms with Gasteiger partial charge in [0.15, 0.2) is 16.3 Å². The van der Waals surface area contributed by atoms with E-state index in [0.29, 0.717) is 47.9 Å². The van der Waals surface area contributed by atoms with Crippen molar-refractivity contribution in [3.8, 4) is 17.2 Å². The molecule has 1 aliphatic heterocycles. The largest absolute Gasteiger partial charge is 0.497 e. The number of thiazole rings is 1. The standard InChI is InChI=1S/C32H28Cl2N2O6S/c1-5-41-31(38)28-18(2)35-32-36(29(28)20-8-11-23(39-3)12-9-20)30(37)27(43-32)15-19-6-13-25(26(14-19)40-4)42-17-21-7-10-22(33)16-24(21)34/h6-16,29H,5,17H2,1-4H3/b27-15-/t29-/m1/s1. The molecule has 0 saturated heterocycles. The fraction of sp³-hybridized carbons (Fsp3) is 0.219. The predicted octanol–water partition coefficient (Wildman–Crippen LogP) is 5.70. The van der Waals surface area contributed by atoms with Gasteiger partial charge in [0, 0.05) is 15.6 Å². The normalized spacial score (nSPS) is 14.7. The lowest BCUT2D eigenvalue weighted by Gasteiger charge is -2.24. The second kappa shape index (κ2) is 13.1. The molecule has 1 aromatic heterocycles. The first kappa shape index (κ1) is 30.4. The number of fused-ring (bicyclic) bond motifs is 1. The Morgan fingerprint density at radius 2 is 1.79 bits per heavy atom. The van der Waals surface area contributed by atoms with Crippen LogP contribution in [0.2, 0.25) is 10.0 Å². The summed E-state index contributed by atoms with van der Waals surface area (Å²) in [4.78, 5) is 32.1. The first-order chi connectivity index (χ1) is 20.7. The van der Waals surface area contributed by atoms with E-state index in [1.54, 1.807) is 81.2 Å². The molecule has 0 spiro atoms. The van der Waals surface area contributed by atoms with Crippen molar-refractivity contribution >= 4 is 46.6 Å². The van der Waals surface area contributed by atoms with E-state index in [9.17, 15) is 9.59 Å². The molecule has 0 aliphatic carbocycles. The van der Waals surface area contributed by atoms with Crippen molar-refractivity contribution in [3.63, 3.8) is 0 Å². The minimum atomic E-state index is -0.714. The van der Waals surface area contributed by atoms with Gasteiger partial charge < -0.3 is 18.9 Å². The molecule has 0 N–H and O–H groups in total. The summed E-state index contributed by atoms with van der Waals surface area (Å²) in [5.41, 5.74) is 2.76. The van der Waals surface area contributed by atoms with Crippen LogP contribution in [0, 0.1) is 0 Å². The van der Waals surface area contributed by atoms with E-state index in [1.165, 1.54) is 11.3 Å². The number of allylic oxidation sites excluding steroid dienone is 1. The van der Waals surface area contributed by atoms with Crippen LogP contribution >= 0.6 is 34.5 Å². The Bertz CT molecular complexity index is 1900. The molecule has 43 heavy (non-hydrogen) atoms. The summed E-state index contributed by atoms with van der Waals surface area (Å²) >= 11 is 13.5. The molecule has 0 saturated carbocycles. The lowest BCUT2D eigenvalue weighted by atomic mass is 9.96. The molecule has 4 aromatic rings. The molecular weight excluding hydrogens is 611 g/mol. The van der Waals surface area contributed by atoms with E-state index in [-0.39, 0.29) is 18.8 Å². The molecule has 0 radical (unpaired) electrons. The Labute approximate surface area is 262 Å². The van der Waals surface area contributed by atoms with Gasteiger partial charge in [0.25, 0.3) is 5.56 Å². The average Bonchev–Trinajstić information content (AvgIpc) is 3.30. The Morgan fingerprint density at radius 1 is 1.02 bits per heavy atom. The number of rotatable bonds is 9. The van der Waals surface area contributed by atoms with Crippen LogP contribution < -0.4 is 29.1 Å². The molecule has 1 aliphatic rings. The minimum absolute atomic E-state index is 0.198. The van der Waals surface area contributed by atoms with Crippen LogP contribution in [0.4, 0.5) is 0 Å². The summed E-state index contributed by atoms with van der Waals surface area (Å²) in [6, 6.07) is 17.1. The first-order valence-corrected chi connectivity index (χ1v) is 14.9. The predicted molar refractivity (Wildman–Crippen MR) is 167 cm³/mol. The van der Waals surface area contributed by atoms with Gasteiger partial charge in [0.05, 0.1) is 42.7 Å². The third-order valence-corrected chi connectivity index (χ3v) is 8.40. The van der Waals surface area contributed by atoms with E-state index in [4.69, 9.17) is 42.1 Å². The molecule has 0 unspecified atom stereocenters. The second-order valence-electron chi connectivity index (χ2n) is 9.51. The highest BCUT2D eigenvalue weighted by molar-refractivity contribution is 7.07. The van der Waals surface area contributed by atoms with Crippen molar-refractivity contribution in [1.82, 2.24) is 4.57 Å². The molecule has 5 rings (SSSR count). The molecule has 1 atom stereocenters. The number of carbonyl (C=O) groups is 1. The van der Waals surface area contributed by atoms with Crippen LogP contribution in [0.1, 0.15) is 36.6 Å². The van der Waals surface area contributed by atoms with Gasteiger partial charge >= 0.3 is 5.97 Å². The zero-order valence-corrected chi connectivity index (χ0v) is 26.2. The maximum atomic E-state index is 13.9. The lowest BCUT2D eigenvalue weighted by molar-refractivity contribution is -0.139. The van der Waals surface area contributed by atoms with E-state index in [2.05, 4.69) is 4.99 Å². The molecule has 0 amide bonds. The van der Waals surface area contributed by atoms with Crippen molar-refractivity contribution in [2.45, 2.75) is 26.5 Å². The third-order valence-electron chi connectivity index (χ3n) is 6.83. The average molecular weight is 640 g/mol. The van der Waals surface area contributed by atoms with Gasteiger partial charge in [0.1, 0.15) is 12.4 Å². The Hall–Kier alpha value is -4.05. The number of ether oxygens (including phenoxy) is 4. The zero-order valence-electron chi connectivity index (χ0n) is 23.9. The highest BCUT2D eigenvalue weighted by atomic mass is 35.5. The van der Waals surface area contributed by atoms with Gasteiger partial charge in [-0.25, -0.2) is 9.79 Å². The number of aromatic nitrogens is 1. The molecule has 11 heteroatoms. The quantitative estimate of drug-likeness (QED) is 0.219. The molecular formula is C32H28Cl2N2O6S. The van der Waals surface area contributed by atoms with Crippen LogP contribution in [-0.2, 0) is 16.1 Å². The van der Waals surface area contributed by atoms with Crippen molar-refractivity contribution in [2.24, 2.45) is 4.99 Å². The fourth-order valence-corrected chi connectivity index (χ4v) is 6.24. The fourth-order valence-electron chi connectivity index (χ4n) is 4.73. The minimum Gasteiger partial charge on any atom is -0.497 e. The summed E-state index contributed by atoms with van der Waals surface area (Å²) in [7, 11) is 3.12. The smallest absolute Gasteiger partial charge is 0.338 e. The maximum absolute atomic E-state index is 13.9. The van der Waals surface area contributed by atoms with Gasteiger partial charge in [-0.3, -0.25) is 9.36 Å². The Kier molecular flexibility index (Phi) is 9.25. The molecule has 3 aromatic carbocycles. The number of nitrogens with zero attached hydrogens (tertiary/aromatic N) is 2. The van der Waals surface area contributed by atoms with Gasteiger partial charge in [0.2, 0.25) is 0 Å². The van der Waals surface area contributed by atoms with Gasteiger partial charge in [-0.15, -0.1) is 0 Å². The summed E-state index contributed by atoms with van der Waals surface area (Å²) in [5.74, 6) is 1.15. The topological polar surface area (TPSA) is 88.4 Å². The number of carbonyl (C=O) groups excluding carboxylic acids is 1. The van der Waals surface area contributed by atoms with Crippen LogP contribution in [0.15, 0.2) is 81.7 Å². The van der Waals surface area contributed by atoms with Crippen LogP contribution in [0.3, 0.4) is 0 Å². The van der Waals surface area contributed by atoms with Gasteiger partial charge in [-0.05, 0) is 67.4 Å². The molecule has 2 heterocycles. The number of methoxy groups -OCH3 is 2.